The maximum Gasteiger partial charge on any atom is 0.270 e. The molecule has 1 aliphatic rings. The number of nitrogens with one attached hydrogen (secondary N) is 1. The Morgan fingerprint density at radius 2 is 2.21 bits per heavy atom. The number of carbonyl (C=O) groups excluding carboxylic acids is 1. The Balaban J connectivity index is 2.02. The summed E-state index contributed by atoms with van der Waals surface area (Å²) in [6.45, 7) is 0. The Labute approximate surface area is 118 Å². The number of hydrogen-bond donors (Lipinski definition) is 2. The Kier molecular flexibility index (Phi) is 3.86. The Morgan fingerprint density at radius 3 is 2.68 bits per heavy atom. The third-order valence-electron chi connectivity index (χ3n) is 3.30. The first-order valence-electron chi connectivity index (χ1n) is 5.92. The van der Waals surface area contributed by atoms with Crippen molar-refractivity contribution in [3.8, 4) is 0 Å². The zero-order valence-electron chi connectivity index (χ0n) is 10.2. The molecule has 2 rings (SSSR count). The van der Waals surface area contributed by atoms with E-state index in [1.807, 2.05) is 0 Å². The minimum absolute atomic E-state index is 0.0286. The van der Waals surface area contributed by atoms with E-state index in [4.69, 9.17) is 5.73 Å². The minimum Gasteiger partial charge on any atom is -0.325 e. The summed E-state index contributed by atoms with van der Waals surface area (Å²) >= 11 is 3.20. The van der Waals surface area contributed by atoms with Crippen molar-refractivity contribution in [1.82, 2.24) is 0 Å². The third-order valence-corrected chi connectivity index (χ3v) is 3.96. The fourth-order valence-corrected chi connectivity index (χ4v) is 2.51. The van der Waals surface area contributed by atoms with E-state index in [0.717, 1.165) is 19.3 Å². The molecule has 7 heteroatoms. The van der Waals surface area contributed by atoms with Gasteiger partial charge >= 0.3 is 0 Å². The molecule has 0 unspecified atom stereocenters. The first-order chi connectivity index (χ1) is 8.89. The number of carbonyl (C=O) groups is 1. The van der Waals surface area contributed by atoms with E-state index in [9.17, 15) is 14.9 Å². The van der Waals surface area contributed by atoms with Crippen molar-refractivity contribution in [3.05, 3.63) is 32.8 Å². The second-order valence-corrected chi connectivity index (χ2v) is 5.72. The van der Waals surface area contributed by atoms with Gasteiger partial charge in [-0.1, -0.05) is 0 Å². The quantitative estimate of drug-likeness (QED) is 0.655. The topological polar surface area (TPSA) is 98.3 Å². The molecule has 1 aliphatic carbocycles. The van der Waals surface area contributed by atoms with Crippen LogP contribution in [-0.2, 0) is 4.79 Å². The smallest absolute Gasteiger partial charge is 0.270 e. The van der Waals surface area contributed by atoms with Crippen molar-refractivity contribution < 1.29 is 9.72 Å². The average molecular weight is 328 g/mol. The summed E-state index contributed by atoms with van der Waals surface area (Å²) in [5, 5.41) is 13.3. The van der Waals surface area contributed by atoms with E-state index in [1.165, 1.54) is 18.2 Å². The van der Waals surface area contributed by atoms with E-state index >= 15 is 0 Å². The van der Waals surface area contributed by atoms with Gasteiger partial charge in [-0.25, -0.2) is 0 Å². The first kappa shape index (κ1) is 14.0. The molecule has 1 saturated carbocycles. The number of halogens is 1. The fraction of sp³-hybridized carbons (Fsp3) is 0.417. The van der Waals surface area contributed by atoms with Crippen LogP contribution in [-0.4, -0.2) is 16.4 Å². The van der Waals surface area contributed by atoms with Gasteiger partial charge in [0.2, 0.25) is 5.91 Å². The lowest BCUT2D eigenvalue weighted by atomic mass is 9.75. The summed E-state index contributed by atoms with van der Waals surface area (Å²) in [7, 11) is 0. The summed E-state index contributed by atoms with van der Waals surface area (Å²) in [5.74, 6) is -0.170. The molecular weight excluding hydrogens is 314 g/mol. The number of amides is 1. The Bertz CT molecular complexity index is 529. The molecule has 102 valence electrons. The predicted molar refractivity (Wildman–Crippen MR) is 74.8 cm³/mol. The highest BCUT2D eigenvalue weighted by molar-refractivity contribution is 9.10. The number of non-ortho nitro benzene ring substituents is 1. The molecule has 0 bridgehead atoms. The standard InChI is InChI=1S/C12H14BrN3O3/c13-9-6-8(16(18)19)2-3-10(9)15-11(17)7-12(14)4-1-5-12/h2-3,6H,1,4-5,7,14H2,(H,15,17). The second kappa shape index (κ2) is 5.26. The predicted octanol–water partition coefficient (Wildman–Crippen LogP) is 2.57. The number of nitrogens with zero attached hydrogens (tertiary/aromatic N) is 1. The highest BCUT2D eigenvalue weighted by Crippen LogP contribution is 2.33. The Hall–Kier alpha value is -1.47. The monoisotopic (exact) mass is 327 g/mol. The van der Waals surface area contributed by atoms with Crippen LogP contribution in [0, 0.1) is 10.1 Å². The number of rotatable bonds is 4. The van der Waals surface area contributed by atoms with Gasteiger partial charge in [0, 0.05) is 28.6 Å². The van der Waals surface area contributed by atoms with Crippen LogP contribution in [0.15, 0.2) is 22.7 Å². The van der Waals surface area contributed by atoms with Crippen molar-refractivity contribution >= 4 is 33.2 Å². The van der Waals surface area contributed by atoms with Crippen molar-refractivity contribution in [2.24, 2.45) is 5.73 Å². The van der Waals surface area contributed by atoms with E-state index in [1.54, 1.807) is 0 Å². The molecular formula is C12H14BrN3O3. The minimum atomic E-state index is -0.487. The third kappa shape index (κ3) is 3.30. The molecule has 3 N–H and O–H groups in total. The number of nitro benzene ring substituents is 1. The van der Waals surface area contributed by atoms with Crippen LogP contribution in [0.25, 0.3) is 0 Å². The summed E-state index contributed by atoms with van der Waals surface area (Å²) in [6.07, 6.45) is 3.06. The number of nitro groups is 1. The van der Waals surface area contributed by atoms with Crippen LogP contribution >= 0.6 is 15.9 Å². The van der Waals surface area contributed by atoms with E-state index in [-0.39, 0.29) is 23.6 Å². The molecule has 1 aromatic carbocycles. The Morgan fingerprint density at radius 1 is 1.53 bits per heavy atom. The summed E-state index contributed by atoms with van der Waals surface area (Å²) in [4.78, 5) is 22.0. The van der Waals surface area contributed by atoms with Gasteiger partial charge < -0.3 is 11.1 Å². The van der Waals surface area contributed by atoms with Crippen LogP contribution in [0.1, 0.15) is 25.7 Å². The number of benzene rings is 1. The lowest BCUT2D eigenvalue weighted by Crippen LogP contribution is -2.48. The molecule has 1 aromatic rings. The van der Waals surface area contributed by atoms with E-state index in [2.05, 4.69) is 21.2 Å². The molecule has 0 aromatic heterocycles. The normalized spacial score (nSPS) is 16.5. The van der Waals surface area contributed by atoms with Gasteiger partial charge in [0.15, 0.2) is 0 Å². The van der Waals surface area contributed by atoms with Crippen LogP contribution in [0.5, 0.6) is 0 Å². The average Bonchev–Trinajstić information content (AvgIpc) is 2.29. The zero-order chi connectivity index (χ0) is 14.0. The molecule has 1 fully saturated rings. The van der Waals surface area contributed by atoms with Gasteiger partial charge in [-0.05, 0) is 41.3 Å². The van der Waals surface area contributed by atoms with Crippen LogP contribution in [0.3, 0.4) is 0 Å². The SMILES string of the molecule is NC1(CC(=O)Nc2ccc([N+](=O)[O-])cc2Br)CCC1. The molecule has 0 radical (unpaired) electrons. The van der Waals surface area contributed by atoms with Crippen molar-refractivity contribution in [1.29, 1.82) is 0 Å². The highest BCUT2D eigenvalue weighted by atomic mass is 79.9. The number of nitrogens with two attached hydrogens (primary N) is 1. The molecule has 1 amide bonds. The van der Waals surface area contributed by atoms with Gasteiger partial charge in [-0.3, -0.25) is 14.9 Å². The van der Waals surface area contributed by atoms with Gasteiger partial charge in [0.05, 0.1) is 10.6 Å². The van der Waals surface area contributed by atoms with Crippen LogP contribution in [0.4, 0.5) is 11.4 Å². The molecule has 0 atom stereocenters. The van der Waals surface area contributed by atoms with Crippen LogP contribution < -0.4 is 11.1 Å². The van der Waals surface area contributed by atoms with Crippen LogP contribution in [0.2, 0.25) is 0 Å². The van der Waals surface area contributed by atoms with E-state index < -0.39 is 4.92 Å². The maximum atomic E-state index is 11.8. The summed E-state index contributed by atoms with van der Waals surface area (Å²) < 4.78 is 0.481. The largest absolute Gasteiger partial charge is 0.325 e. The van der Waals surface area contributed by atoms with Crippen molar-refractivity contribution in [2.75, 3.05) is 5.32 Å². The van der Waals surface area contributed by atoms with E-state index in [0.29, 0.717) is 10.2 Å². The molecule has 0 aliphatic heterocycles. The number of hydrogen-bond acceptors (Lipinski definition) is 4. The molecule has 19 heavy (non-hydrogen) atoms. The molecule has 0 saturated heterocycles. The fourth-order valence-electron chi connectivity index (χ4n) is 2.04. The molecule has 6 nitrogen and oxygen atoms in total. The van der Waals surface area contributed by atoms with Crippen molar-refractivity contribution in [3.63, 3.8) is 0 Å². The zero-order valence-corrected chi connectivity index (χ0v) is 11.8. The number of anilines is 1. The second-order valence-electron chi connectivity index (χ2n) is 4.86. The summed E-state index contributed by atoms with van der Waals surface area (Å²) in [5.41, 5.74) is 6.10. The molecule has 0 heterocycles. The molecule has 0 spiro atoms. The van der Waals surface area contributed by atoms with Crippen molar-refractivity contribution in [2.45, 2.75) is 31.2 Å². The lowest BCUT2D eigenvalue weighted by molar-refractivity contribution is -0.384. The lowest BCUT2D eigenvalue weighted by Gasteiger charge is -2.37. The first-order valence-corrected chi connectivity index (χ1v) is 6.72. The van der Waals surface area contributed by atoms with Gasteiger partial charge in [0.1, 0.15) is 0 Å². The van der Waals surface area contributed by atoms with Gasteiger partial charge in [-0.15, -0.1) is 0 Å². The summed E-state index contributed by atoms with van der Waals surface area (Å²) in [6, 6.07) is 4.21. The van der Waals surface area contributed by atoms with Gasteiger partial charge in [-0.2, -0.15) is 0 Å². The van der Waals surface area contributed by atoms with Gasteiger partial charge in [0.25, 0.3) is 5.69 Å². The maximum absolute atomic E-state index is 11.8. The highest BCUT2D eigenvalue weighted by Gasteiger charge is 2.34.